The lowest BCUT2D eigenvalue weighted by atomic mass is 10.2. The number of benzene rings is 2. The molecule has 11 heteroatoms. The number of carbonyl (C=O) groups is 2. The Balaban J connectivity index is 1.54. The molecule has 33 heavy (non-hydrogen) atoms. The first-order valence-corrected chi connectivity index (χ1v) is 10.7. The van der Waals surface area contributed by atoms with E-state index in [0.717, 1.165) is 11.3 Å². The lowest BCUT2D eigenvalue weighted by molar-refractivity contribution is -0.0521. The average Bonchev–Trinajstić information content (AvgIpc) is 3.31. The Bertz CT molecular complexity index is 1170. The summed E-state index contributed by atoms with van der Waals surface area (Å²) in [6, 6.07) is 15.2. The first-order valence-electron chi connectivity index (χ1n) is 10.3. The summed E-state index contributed by atoms with van der Waals surface area (Å²) in [4.78, 5) is 25.9. The molecule has 1 aliphatic rings. The highest BCUT2D eigenvalue weighted by Gasteiger charge is 2.33. The van der Waals surface area contributed by atoms with E-state index < -0.39 is 12.4 Å². The van der Waals surface area contributed by atoms with Crippen molar-refractivity contribution >= 4 is 35.2 Å². The van der Waals surface area contributed by atoms with Crippen molar-refractivity contribution in [1.82, 2.24) is 25.1 Å². The predicted molar refractivity (Wildman–Crippen MR) is 125 cm³/mol. The van der Waals surface area contributed by atoms with Crippen LogP contribution in [0.15, 0.2) is 54.6 Å². The van der Waals surface area contributed by atoms with E-state index >= 15 is 0 Å². The Morgan fingerprint density at radius 1 is 1.18 bits per heavy atom. The number of hydrogen-bond donors (Lipinski definition) is 4. The number of nitrogens with zero attached hydrogens (tertiary/aromatic N) is 4. The fraction of sp³-hybridized carbons (Fsp3) is 0.227. The van der Waals surface area contributed by atoms with Gasteiger partial charge in [0.25, 0.3) is 0 Å². The summed E-state index contributed by atoms with van der Waals surface area (Å²) >= 11 is 5.89. The standard InChI is InChI=1S/C22H24ClN7O3/c1-3-16-12-19(25-20(31)24-17-9-7-15(23)8-10-17)30(26-16)18-6-4-5-14(11-18)13-29-21(32)27-28(2)22(29)33/h4-12,22,33H,3,13H2,1-2H3,(H,27,32)(H2,24,25,31). The minimum Gasteiger partial charge on any atom is -0.359 e. The maximum Gasteiger partial charge on any atom is 0.335 e. The molecule has 2 aromatic carbocycles. The van der Waals surface area contributed by atoms with Crippen LogP contribution >= 0.6 is 11.6 Å². The van der Waals surface area contributed by atoms with Crippen molar-refractivity contribution in [2.24, 2.45) is 0 Å². The van der Waals surface area contributed by atoms with Gasteiger partial charge in [0.15, 0.2) is 0 Å². The van der Waals surface area contributed by atoms with Gasteiger partial charge < -0.3 is 10.4 Å². The number of urea groups is 2. The second-order valence-corrected chi connectivity index (χ2v) is 7.98. The van der Waals surface area contributed by atoms with Crippen molar-refractivity contribution in [2.45, 2.75) is 26.2 Å². The van der Waals surface area contributed by atoms with E-state index in [1.807, 2.05) is 31.2 Å². The van der Waals surface area contributed by atoms with Crippen LogP contribution in [0.3, 0.4) is 0 Å². The number of hydrazine groups is 1. The quantitative estimate of drug-likeness (QED) is 0.442. The zero-order chi connectivity index (χ0) is 23.5. The van der Waals surface area contributed by atoms with E-state index in [2.05, 4.69) is 21.2 Å². The number of aliphatic hydroxyl groups is 1. The van der Waals surface area contributed by atoms with Gasteiger partial charge in [-0.2, -0.15) is 10.1 Å². The maximum absolute atomic E-state index is 12.6. The molecule has 4 N–H and O–H groups in total. The number of nitrogens with one attached hydrogen (secondary N) is 3. The molecule has 0 radical (unpaired) electrons. The van der Waals surface area contributed by atoms with Gasteiger partial charge in [0.2, 0.25) is 6.35 Å². The van der Waals surface area contributed by atoms with E-state index in [0.29, 0.717) is 28.6 Å². The fourth-order valence-electron chi connectivity index (χ4n) is 3.42. The highest BCUT2D eigenvalue weighted by Crippen LogP contribution is 2.21. The number of hydrogen-bond acceptors (Lipinski definition) is 5. The summed E-state index contributed by atoms with van der Waals surface area (Å²) in [5, 5.41) is 22.3. The van der Waals surface area contributed by atoms with E-state index in [4.69, 9.17) is 11.6 Å². The van der Waals surface area contributed by atoms with E-state index in [1.165, 1.54) is 9.91 Å². The molecule has 0 aliphatic carbocycles. The number of halogens is 1. The third-order valence-electron chi connectivity index (χ3n) is 5.13. The molecule has 0 spiro atoms. The molecule has 0 bridgehead atoms. The molecule has 2 heterocycles. The molecule has 4 rings (SSSR count). The molecule has 4 amide bonds. The number of anilines is 2. The molecular weight excluding hydrogens is 446 g/mol. The molecule has 1 atom stereocenters. The van der Waals surface area contributed by atoms with Gasteiger partial charge >= 0.3 is 12.1 Å². The van der Waals surface area contributed by atoms with Crippen molar-refractivity contribution in [1.29, 1.82) is 0 Å². The molecular formula is C22H24ClN7O3. The smallest absolute Gasteiger partial charge is 0.335 e. The zero-order valence-corrected chi connectivity index (χ0v) is 18.9. The Labute approximate surface area is 195 Å². The van der Waals surface area contributed by atoms with E-state index in [-0.39, 0.29) is 12.6 Å². The van der Waals surface area contributed by atoms with Gasteiger partial charge in [-0.1, -0.05) is 30.7 Å². The summed E-state index contributed by atoms with van der Waals surface area (Å²) in [7, 11) is 1.59. The Morgan fingerprint density at radius 2 is 1.94 bits per heavy atom. The van der Waals surface area contributed by atoms with Crippen LogP contribution in [0.1, 0.15) is 18.2 Å². The van der Waals surface area contributed by atoms with Crippen LogP contribution in [-0.4, -0.2) is 50.3 Å². The molecule has 1 fully saturated rings. The number of carbonyl (C=O) groups excluding carboxylic acids is 2. The number of aliphatic hydroxyl groups excluding tert-OH is 1. The topological polar surface area (TPSA) is 115 Å². The zero-order valence-electron chi connectivity index (χ0n) is 18.1. The third-order valence-corrected chi connectivity index (χ3v) is 5.38. The lowest BCUT2D eigenvalue weighted by Gasteiger charge is -2.20. The molecule has 1 saturated heterocycles. The average molecular weight is 470 g/mol. The first kappa shape index (κ1) is 22.6. The van der Waals surface area contributed by atoms with E-state index in [9.17, 15) is 14.7 Å². The number of rotatable bonds is 6. The molecule has 10 nitrogen and oxygen atoms in total. The van der Waals surface area contributed by atoms with Crippen LogP contribution in [0.5, 0.6) is 0 Å². The van der Waals surface area contributed by atoms with Crippen LogP contribution < -0.4 is 16.1 Å². The number of amides is 4. The van der Waals surface area contributed by atoms with Crippen LogP contribution in [0, 0.1) is 0 Å². The molecule has 3 aromatic rings. The summed E-state index contributed by atoms with van der Waals surface area (Å²) in [5.41, 5.74) is 5.45. The summed E-state index contributed by atoms with van der Waals surface area (Å²) in [6.07, 6.45) is -0.376. The van der Waals surface area contributed by atoms with E-state index in [1.54, 1.807) is 42.1 Å². The minimum absolute atomic E-state index is 0.201. The van der Waals surface area contributed by atoms with Crippen molar-refractivity contribution in [3.63, 3.8) is 0 Å². The Morgan fingerprint density at radius 3 is 2.61 bits per heavy atom. The SMILES string of the molecule is CCc1cc(NC(=O)Nc2ccc(Cl)cc2)n(-c2cccc(CN3C(=O)NN(C)C3O)c2)n1. The second kappa shape index (κ2) is 9.49. The fourth-order valence-corrected chi connectivity index (χ4v) is 3.55. The number of aromatic nitrogens is 2. The number of aryl methyl sites for hydroxylation is 1. The molecule has 172 valence electrons. The van der Waals surface area contributed by atoms with Crippen LogP contribution in [0.25, 0.3) is 5.69 Å². The lowest BCUT2D eigenvalue weighted by Crippen LogP contribution is -2.37. The van der Waals surface area contributed by atoms with Crippen LogP contribution in [-0.2, 0) is 13.0 Å². The normalized spacial score (nSPS) is 16.1. The van der Waals surface area contributed by atoms with Crippen molar-refractivity contribution < 1.29 is 14.7 Å². The minimum atomic E-state index is -1.06. The van der Waals surface area contributed by atoms with Gasteiger partial charge in [0.05, 0.1) is 17.9 Å². The predicted octanol–water partition coefficient (Wildman–Crippen LogP) is 3.38. The van der Waals surface area contributed by atoms with Crippen molar-refractivity contribution in [3.8, 4) is 5.69 Å². The van der Waals surface area contributed by atoms with Crippen molar-refractivity contribution in [2.75, 3.05) is 17.7 Å². The first-order chi connectivity index (χ1) is 15.8. The monoisotopic (exact) mass is 469 g/mol. The summed E-state index contributed by atoms with van der Waals surface area (Å²) in [5.74, 6) is 0.495. The van der Waals surface area contributed by atoms with Crippen LogP contribution in [0.4, 0.5) is 21.1 Å². The summed E-state index contributed by atoms with van der Waals surface area (Å²) in [6.45, 7) is 2.18. The van der Waals surface area contributed by atoms with Gasteiger partial charge in [0, 0.05) is 23.8 Å². The molecule has 1 aromatic heterocycles. The van der Waals surface area contributed by atoms with Gasteiger partial charge in [-0.05, 0) is 48.4 Å². The maximum atomic E-state index is 12.6. The van der Waals surface area contributed by atoms with Crippen molar-refractivity contribution in [3.05, 3.63) is 70.9 Å². The molecule has 1 aliphatic heterocycles. The molecule has 0 saturated carbocycles. The third kappa shape index (κ3) is 5.08. The van der Waals surface area contributed by atoms with Gasteiger partial charge in [-0.25, -0.2) is 14.3 Å². The Kier molecular flexibility index (Phi) is 6.50. The highest BCUT2D eigenvalue weighted by atomic mass is 35.5. The second-order valence-electron chi connectivity index (χ2n) is 7.54. The van der Waals surface area contributed by atoms with Gasteiger partial charge in [-0.3, -0.25) is 15.6 Å². The largest absolute Gasteiger partial charge is 0.359 e. The van der Waals surface area contributed by atoms with Gasteiger partial charge in [-0.15, -0.1) is 0 Å². The molecule has 1 unspecified atom stereocenters. The highest BCUT2D eigenvalue weighted by molar-refractivity contribution is 6.30. The Hall–Kier alpha value is -3.60. The van der Waals surface area contributed by atoms with Gasteiger partial charge in [0.1, 0.15) is 5.82 Å². The van der Waals surface area contributed by atoms with Crippen LogP contribution in [0.2, 0.25) is 5.02 Å². The summed E-state index contributed by atoms with van der Waals surface area (Å²) < 4.78 is 1.64.